The predicted octanol–water partition coefficient (Wildman–Crippen LogP) is 2.94. The Labute approximate surface area is 110 Å². The number of carbonyl (C=O) groups is 1. The van der Waals surface area contributed by atoms with Gasteiger partial charge in [-0.05, 0) is 18.4 Å². The highest BCUT2D eigenvalue weighted by Crippen LogP contribution is 2.37. The van der Waals surface area contributed by atoms with Gasteiger partial charge >= 0.3 is 0 Å². The zero-order valence-corrected chi connectivity index (χ0v) is 11.2. The Morgan fingerprint density at radius 2 is 1.94 bits per heavy atom. The second kappa shape index (κ2) is 5.65. The molecule has 92 valence electrons. The Morgan fingerprint density at radius 3 is 2.59 bits per heavy atom. The monoisotopic (exact) mass is 297 g/mol. The van der Waals surface area contributed by atoms with Gasteiger partial charge in [0.1, 0.15) is 4.32 Å². The molecule has 3 nitrogen and oxygen atoms in total. The summed E-state index contributed by atoms with van der Waals surface area (Å²) in [4.78, 5) is 17.1. The molecule has 0 spiro atoms. The SMILES string of the molecule is O=C(NOCc1ccccc1)C1(Br)CCCC1. The molecule has 1 aliphatic carbocycles. The van der Waals surface area contributed by atoms with Gasteiger partial charge < -0.3 is 0 Å². The number of amides is 1. The molecule has 1 saturated carbocycles. The van der Waals surface area contributed by atoms with Gasteiger partial charge in [-0.1, -0.05) is 59.1 Å². The molecular weight excluding hydrogens is 282 g/mol. The summed E-state index contributed by atoms with van der Waals surface area (Å²) in [5.41, 5.74) is 3.57. The van der Waals surface area contributed by atoms with Crippen LogP contribution in [0.5, 0.6) is 0 Å². The van der Waals surface area contributed by atoms with Gasteiger partial charge in [-0.25, -0.2) is 5.48 Å². The number of rotatable bonds is 4. The fraction of sp³-hybridized carbons (Fsp3) is 0.462. The number of carbonyl (C=O) groups excluding carboxylic acids is 1. The van der Waals surface area contributed by atoms with Crippen molar-refractivity contribution in [2.45, 2.75) is 36.6 Å². The van der Waals surface area contributed by atoms with E-state index in [2.05, 4.69) is 21.4 Å². The van der Waals surface area contributed by atoms with Gasteiger partial charge in [-0.15, -0.1) is 0 Å². The van der Waals surface area contributed by atoms with Crippen molar-refractivity contribution in [2.75, 3.05) is 0 Å². The van der Waals surface area contributed by atoms with Gasteiger partial charge in [0, 0.05) is 0 Å². The smallest absolute Gasteiger partial charge is 0.260 e. The van der Waals surface area contributed by atoms with E-state index >= 15 is 0 Å². The van der Waals surface area contributed by atoms with E-state index in [-0.39, 0.29) is 5.91 Å². The molecule has 4 heteroatoms. The van der Waals surface area contributed by atoms with E-state index in [9.17, 15) is 4.79 Å². The molecule has 0 saturated heterocycles. The first-order valence-corrected chi connectivity index (χ1v) is 6.65. The van der Waals surface area contributed by atoms with E-state index < -0.39 is 4.32 Å². The molecule has 0 aliphatic heterocycles. The third kappa shape index (κ3) is 3.30. The number of hydrogen-bond acceptors (Lipinski definition) is 2. The highest BCUT2D eigenvalue weighted by Gasteiger charge is 2.38. The van der Waals surface area contributed by atoms with Crippen LogP contribution in [-0.2, 0) is 16.2 Å². The molecule has 1 aromatic rings. The number of nitrogens with one attached hydrogen (secondary N) is 1. The summed E-state index contributed by atoms with van der Waals surface area (Å²) in [5.74, 6) is -0.0640. The van der Waals surface area contributed by atoms with Crippen LogP contribution in [0.1, 0.15) is 31.2 Å². The molecule has 1 aromatic carbocycles. The average Bonchev–Trinajstić information content (AvgIpc) is 2.79. The first kappa shape index (κ1) is 12.6. The van der Waals surface area contributed by atoms with Crippen molar-refractivity contribution in [1.82, 2.24) is 5.48 Å². The van der Waals surface area contributed by atoms with Crippen LogP contribution in [0, 0.1) is 0 Å². The lowest BCUT2D eigenvalue weighted by Crippen LogP contribution is -2.39. The third-order valence-electron chi connectivity index (χ3n) is 3.05. The third-order valence-corrected chi connectivity index (χ3v) is 4.20. The zero-order valence-electron chi connectivity index (χ0n) is 9.62. The second-order valence-electron chi connectivity index (χ2n) is 4.38. The molecule has 0 aromatic heterocycles. The van der Waals surface area contributed by atoms with Crippen molar-refractivity contribution < 1.29 is 9.63 Å². The molecule has 0 heterocycles. The summed E-state index contributed by atoms with van der Waals surface area (Å²) < 4.78 is -0.413. The number of alkyl halides is 1. The largest absolute Gasteiger partial charge is 0.271 e. The first-order valence-electron chi connectivity index (χ1n) is 5.86. The molecule has 0 radical (unpaired) electrons. The van der Waals surface area contributed by atoms with Crippen LogP contribution in [0.15, 0.2) is 30.3 Å². The van der Waals surface area contributed by atoms with Crippen LogP contribution >= 0.6 is 15.9 Å². The average molecular weight is 298 g/mol. The minimum atomic E-state index is -0.413. The van der Waals surface area contributed by atoms with Gasteiger partial charge in [-0.2, -0.15) is 0 Å². The predicted molar refractivity (Wildman–Crippen MR) is 69.5 cm³/mol. The molecule has 0 unspecified atom stereocenters. The lowest BCUT2D eigenvalue weighted by Gasteiger charge is -2.19. The first-order chi connectivity index (χ1) is 8.21. The normalized spacial score (nSPS) is 17.9. The van der Waals surface area contributed by atoms with Crippen LogP contribution in [0.25, 0.3) is 0 Å². The number of hydrogen-bond donors (Lipinski definition) is 1. The highest BCUT2D eigenvalue weighted by molar-refractivity contribution is 9.10. The molecule has 1 N–H and O–H groups in total. The second-order valence-corrected chi connectivity index (χ2v) is 5.90. The van der Waals surface area contributed by atoms with Crippen LogP contribution < -0.4 is 5.48 Å². The van der Waals surface area contributed by atoms with E-state index in [1.807, 2.05) is 30.3 Å². The van der Waals surface area contributed by atoms with E-state index in [0.717, 1.165) is 31.2 Å². The Morgan fingerprint density at radius 1 is 1.29 bits per heavy atom. The number of halogens is 1. The van der Waals surface area contributed by atoms with Gasteiger partial charge in [-0.3, -0.25) is 9.63 Å². The molecular formula is C13H16BrNO2. The van der Waals surface area contributed by atoms with Crippen LogP contribution in [-0.4, -0.2) is 10.2 Å². The van der Waals surface area contributed by atoms with Gasteiger partial charge in [0.05, 0.1) is 6.61 Å². The highest BCUT2D eigenvalue weighted by atomic mass is 79.9. The maximum atomic E-state index is 11.9. The molecule has 1 fully saturated rings. The standard InChI is InChI=1S/C13H16BrNO2/c14-13(8-4-5-9-13)12(16)15-17-10-11-6-2-1-3-7-11/h1-3,6-7H,4-5,8-10H2,(H,15,16). The molecule has 0 atom stereocenters. The maximum Gasteiger partial charge on any atom is 0.260 e. The van der Waals surface area contributed by atoms with Crippen molar-refractivity contribution in [3.8, 4) is 0 Å². The fourth-order valence-corrected chi connectivity index (χ4v) is 2.65. The Hall–Kier alpha value is -0.870. The number of hydroxylamine groups is 1. The summed E-state index contributed by atoms with van der Waals surface area (Å²) >= 11 is 3.51. The van der Waals surface area contributed by atoms with Crippen molar-refractivity contribution in [3.63, 3.8) is 0 Å². The van der Waals surface area contributed by atoms with Crippen LogP contribution in [0.4, 0.5) is 0 Å². The molecule has 17 heavy (non-hydrogen) atoms. The lowest BCUT2D eigenvalue weighted by molar-refractivity contribution is -0.136. The summed E-state index contributed by atoms with van der Waals surface area (Å²) in [5, 5.41) is 0. The Kier molecular flexibility index (Phi) is 4.18. The van der Waals surface area contributed by atoms with Gasteiger partial charge in [0.2, 0.25) is 0 Å². The van der Waals surface area contributed by atoms with Gasteiger partial charge in [0.15, 0.2) is 0 Å². The summed E-state index contributed by atoms with van der Waals surface area (Å²) in [7, 11) is 0. The quantitative estimate of drug-likeness (QED) is 0.685. The molecule has 2 rings (SSSR count). The molecule has 1 amide bonds. The Balaban J connectivity index is 1.77. The summed E-state index contributed by atoms with van der Waals surface area (Å²) in [6, 6.07) is 9.78. The minimum Gasteiger partial charge on any atom is -0.271 e. The molecule has 1 aliphatic rings. The lowest BCUT2D eigenvalue weighted by atomic mass is 10.1. The van der Waals surface area contributed by atoms with Crippen LogP contribution in [0.3, 0.4) is 0 Å². The van der Waals surface area contributed by atoms with E-state index in [4.69, 9.17) is 4.84 Å². The molecule has 0 bridgehead atoms. The Bertz CT molecular complexity index is 374. The van der Waals surface area contributed by atoms with E-state index in [1.54, 1.807) is 0 Å². The van der Waals surface area contributed by atoms with Gasteiger partial charge in [0.25, 0.3) is 5.91 Å². The van der Waals surface area contributed by atoms with Crippen molar-refractivity contribution in [3.05, 3.63) is 35.9 Å². The maximum absolute atomic E-state index is 11.9. The van der Waals surface area contributed by atoms with Crippen molar-refractivity contribution in [1.29, 1.82) is 0 Å². The van der Waals surface area contributed by atoms with E-state index in [0.29, 0.717) is 6.61 Å². The zero-order chi connectivity index (χ0) is 12.1. The topological polar surface area (TPSA) is 38.3 Å². The van der Waals surface area contributed by atoms with Crippen molar-refractivity contribution in [2.24, 2.45) is 0 Å². The van der Waals surface area contributed by atoms with E-state index in [1.165, 1.54) is 0 Å². The number of benzene rings is 1. The summed E-state index contributed by atoms with van der Waals surface area (Å²) in [6.45, 7) is 0.398. The minimum absolute atomic E-state index is 0.0640. The van der Waals surface area contributed by atoms with Crippen molar-refractivity contribution >= 4 is 21.8 Å². The van der Waals surface area contributed by atoms with Crippen LogP contribution in [0.2, 0.25) is 0 Å². The fourth-order valence-electron chi connectivity index (χ4n) is 2.01. The summed E-state index contributed by atoms with van der Waals surface area (Å²) in [6.07, 6.45) is 3.95.